The fourth-order valence-electron chi connectivity index (χ4n) is 2.10. The number of carbonyl (C=O) groups is 2. The Hall–Kier alpha value is -2.24. The molecule has 0 fully saturated rings. The molecule has 1 aromatic carbocycles. The standard InChI is InChI=1S/C18H30N4O2/c1-3-5-10-19-17(23)21-13-15-8-7-9-16(12-15)14-22-18(24)20-11-6-4-2/h7-9,12H,3-6,10-11,13-14H2,1-2H3,(H2,19,21,23)(H2,20,22,24). The minimum Gasteiger partial charge on any atom is -0.338 e. The van der Waals surface area contributed by atoms with E-state index in [4.69, 9.17) is 0 Å². The van der Waals surface area contributed by atoms with E-state index in [0.717, 1.165) is 36.8 Å². The summed E-state index contributed by atoms with van der Waals surface area (Å²) < 4.78 is 0. The third kappa shape index (κ3) is 9.02. The Labute approximate surface area is 144 Å². The summed E-state index contributed by atoms with van der Waals surface area (Å²) in [6.45, 7) is 6.49. The first-order valence-electron chi connectivity index (χ1n) is 8.77. The normalized spacial score (nSPS) is 10.1. The van der Waals surface area contributed by atoms with Crippen molar-refractivity contribution in [3.05, 3.63) is 35.4 Å². The lowest BCUT2D eigenvalue weighted by molar-refractivity contribution is 0.239. The molecular weight excluding hydrogens is 304 g/mol. The number of unbranched alkanes of at least 4 members (excludes halogenated alkanes) is 2. The lowest BCUT2D eigenvalue weighted by Crippen LogP contribution is -2.36. The van der Waals surface area contributed by atoms with Crippen LogP contribution < -0.4 is 21.3 Å². The van der Waals surface area contributed by atoms with E-state index in [2.05, 4.69) is 35.1 Å². The lowest BCUT2D eigenvalue weighted by atomic mass is 10.1. The van der Waals surface area contributed by atoms with Crippen molar-refractivity contribution in [2.24, 2.45) is 0 Å². The minimum absolute atomic E-state index is 0.151. The van der Waals surface area contributed by atoms with Crippen molar-refractivity contribution >= 4 is 12.1 Å². The van der Waals surface area contributed by atoms with Crippen LogP contribution in [0.3, 0.4) is 0 Å². The maximum Gasteiger partial charge on any atom is 0.315 e. The second-order valence-corrected chi connectivity index (χ2v) is 5.75. The van der Waals surface area contributed by atoms with Crippen LogP contribution in [0.2, 0.25) is 0 Å². The third-order valence-corrected chi connectivity index (χ3v) is 3.53. The van der Waals surface area contributed by atoms with Crippen molar-refractivity contribution in [2.75, 3.05) is 13.1 Å². The first kappa shape index (κ1) is 19.8. The quantitative estimate of drug-likeness (QED) is 0.496. The Morgan fingerprint density at radius 2 is 1.25 bits per heavy atom. The molecule has 1 rings (SSSR count). The highest BCUT2D eigenvalue weighted by molar-refractivity contribution is 5.74. The first-order valence-corrected chi connectivity index (χ1v) is 8.77. The lowest BCUT2D eigenvalue weighted by Gasteiger charge is -2.10. The van der Waals surface area contributed by atoms with Crippen molar-refractivity contribution in [3.63, 3.8) is 0 Å². The molecule has 0 aliphatic carbocycles. The van der Waals surface area contributed by atoms with Crippen molar-refractivity contribution in [3.8, 4) is 0 Å². The van der Waals surface area contributed by atoms with Crippen molar-refractivity contribution in [1.29, 1.82) is 0 Å². The third-order valence-electron chi connectivity index (χ3n) is 3.53. The zero-order chi connectivity index (χ0) is 17.6. The number of hydrogen-bond donors (Lipinski definition) is 4. The second kappa shape index (κ2) is 12.2. The van der Waals surface area contributed by atoms with Crippen molar-refractivity contribution in [1.82, 2.24) is 21.3 Å². The summed E-state index contributed by atoms with van der Waals surface area (Å²) in [5.74, 6) is 0. The molecule has 1 aromatic rings. The van der Waals surface area contributed by atoms with Gasteiger partial charge in [0.1, 0.15) is 0 Å². The van der Waals surface area contributed by atoms with E-state index in [0.29, 0.717) is 26.2 Å². The molecule has 0 saturated carbocycles. The SMILES string of the molecule is CCCCNC(=O)NCc1cccc(CNC(=O)NCCCC)c1. The smallest absolute Gasteiger partial charge is 0.315 e. The maximum absolute atomic E-state index is 11.6. The largest absolute Gasteiger partial charge is 0.338 e. The molecule has 6 nitrogen and oxygen atoms in total. The van der Waals surface area contributed by atoms with Crippen LogP contribution >= 0.6 is 0 Å². The molecule has 24 heavy (non-hydrogen) atoms. The fourth-order valence-corrected chi connectivity index (χ4v) is 2.10. The molecule has 4 N–H and O–H groups in total. The molecule has 0 spiro atoms. The zero-order valence-electron chi connectivity index (χ0n) is 14.8. The van der Waals surface area contributed by atoms with Gasteiger partial charge in [-0.3, -0.25) is 0 Å². The van der Waals surface area contributed by atoms with Crippen LogP contribution in [-0.4, -0.2) is 25.2 Å². The number of carbonyl (C=O) groups excluding carboxylic acids is 2. The van der Waals surface area contributed by atoms with Crippen molar-refractivity contribution in [2.45, 2.75) is 52.6 Å². The van der Waals surface area contributed by atoms with Gasteiger partial charge in [-0.15, -0.1) is 0 Å². The Kier molecular flexibility index (Phi) is 10.1. The maximum atomic E-state index is 11.6. The number of urea groups is 2. The Bertz CT molecular complexity index is 464. The van der Waals surface area contributed by atoms with E-state index in [1.54, 1.807) is 0 Å². The van der Waals surface area contributed by atoms with E-state index in [1.807, 2.05) is 24.3 Å². The number of rotatable bonds is 10. The monoisotopic (exact) mass is 334 g/mol. The first-order chi connectivity index (χ1) is 11.7. The van der Waals surface area contributed by atoms with Gasteiger partial charge in [0.2, 0.25) is 0 Å². The van der Waals surface area contributed by atoms with Gasteiger partial charge < -0.3 is 21.3 Å². The van der Waals surface area contributed by atoms with Gasteiger partial charge in [0.25, 0.3) is 0 Å². The molecule has 0 aliphatic heterocycles. The van der Waals surface area contributed by atoms with Gasteiger partial charge in [-0.05, 0) is 24.0 Å². The predicted octanol–water partition coefficient (Wildman–Crippen LogP) is 2.89. The average molecular weight is 334 g/mol. The Morgan fingerprint density at radius 1 is 0.792 bits per heavy atom. The molecule has 0 unspecified atom stereocenters. The summed E-state index contributed by atoms with van der Waals surface area (Å²) in [5, 5.41) is 11.3. The van der Waals surface area contributed by atoms with Gasteiger partial charge >= 0.3 is 12.1 Å². The average Bonchev–Trinajstić information content (AvgIpc) is 2.59. The molecule has 0 radical (unpaired) electrons. The van der Waals surface area contributed by atoms with Gasteiger partial charge in [0, 0.05) is 26.2 Å². The van der Waals surface area contributed by atoms with Crippen LogP contribution in [0.4, 0.5) is 9.59 Å². The highest BCUT2D eigenvalue weighted by Gasteiger charge is 2.02. The van der Waals surface area contributed by atoms with E-state index >= 15 is 0 Å². The highest BCUT2D eigenvalue weighted by Crippen LogP contribution is 2.05. The minimum atomic E-state index is -0.151. The van der Waals surface area contributed by atoms with Crippen LogP contribution in [0.5, 0.6) is 0 Å². The van der Waals surface area contributed by atoms with E-state index < -0.39 is 0 Å². The summed E-state index contributed by atoms with van der Waals surface area (Å²) in [7, 11) is 0. The molecule has 0 bridgehead atoms. The molecule has 0 heterocycles. The van der Waals surface area contributed by atoms with Gasteiger partial charge in [-0.1, -0.05) is 51.0 Å². The fraction of sp³-hybridized carbons (Fsp3) is 0.556. The summed E-state index contributed by atoms with van der Waals surface area (Å²) in [6, 6.07) is 7.52. The van der Waals surface area contributed by atoms with Crippen molar-refractivity contribution < 1.29 is 9.59 Å². The highest BCUT2D eigenvalue weighted by atomic mass is 16.2. The van der Waals surface area contributed by atoms with Crippen LogP contribution in [0.25, 0.3) is 0 Å². The molecule has 0 aliphatic rings. The number of nitrogens with one attached hydrogen (secondary N) is 4. The van der Waals surface area contributed by atoms with Gasteiger partial charge in [-0.2, -0.15) is 0 Å². The zero-order valence-corrected chi connectivity index (χ0v) is 14.8. The van der Waals surface area contributed by atoms with Crippen LogP contribution in [0.15, 0.2) is 24.3 Å². The summed E-state index contributed by atoms with van der Waals surface area (Å²) in [5.41, 5.74) is 2.01. The second-order valence-electron chi connectivity index (χ2n) is 5.75. The molecule has 0 saturated heterocycles. The molecule has 0 atom stereocenters. The Morgan fingerprint density at radius 3 is 1.67 bits per heavy atom. The van der Waals surface area contributed by atoms with Gasteiger partial charge in [0.05, 0.1) is 0 Å². The molecule has 4 amide bonds. The molecule has 0 aromatic heterocycles. The number of amides is 4. The topological polar surface area (TPSA) is 82.3 Å². The summed E-state index contributed by atoms with van der Waals surface area (Å²) in [4.78, 5) is 23.3. The van der Waals surface area contributed by atoms with E-state index in [9.17, 15) is 9.59 Å². The summed E-state index contributed by atoms with van der Waals surface area (Å²) in [6.07, 6.45) is 4.08. The van der Waals surface area contributed by atoms with E-state index in [1.165, 1.54) is 0 Å². The molecule has 6 heteroatoms. The van der Waals surface area contributed by atoms with E-state index in [-0.39, 0.29) is 12.1 Å². The molecule has 134 valence electrons. The van der Waals surface area contributed by atoms with Crippen LogP contribution in [-0.2, 0) is 13.1 Å². The van der Waals surface area contributed by atoms with Crippen LogP contribution in [0.1, 0.15) is 50.7 Å². The molecular formula is C18H30N4O2. The van der Waals surface area contributed by atoms with Gasteiger partial charge in [-0.25, -0.2) is 9.59 Å². The number of hydrogen-bond acceptors (Lipinski definition) is 2. The van der Waals surface area contributed by atoms with Gasteiger partial charge in [0.15, 0.2) is 0 Å². The number of benzene rings is 1. The summed E-state index contributed by atoms with van der Waals surface area (Å²) >= 11 is 0. The van der Waals surface area contributed by atoms with Crippen LogP contribution in [0, 0.1) is 0 Å². The Balaban J connectivity index is 2.32. The predicted molar refractivity (Wildman–Crippen MR) is 96.7 cm³/mol.